The van der Waals surface area contributed by atoms with E-state index in [0.717, 1.165) is 0 Å². The lowest BCUT2D eigenvalue weighted by molar-refractivity contribution is 1.24. The third-order valence-electron chi connectivity index (χ3n) is 2.30. The Labute approximate surface area is 92.0 Å². The van der Waals surface area contributed by atoms with E-state index in [4.69, 9.17) is 11.0 Å². The molecule has 1 heterocycles. The van der Waals surface area contributed by atoms with Crippen LogP contribution in [-0.2, 0) is 0 Å². The van der Waals surface area contributed by atoms with Crippen LogP contribution in [0.25, 0.3) is 11.1 Å². The maximum absolute atomic E-state index is 11.5. The van der Waals surface area contributed by atoms with Gasteiger partial charge in [-0.15, -0.1) is 0 Å². The van der Waals surface area contributed by atoms with Gasteiger partial charge in [-0.1, -0.05) is 6.07 Å². The minimum atomic E-state index is -0.184. The van der Waals surface area contributed by atoms with Crippen LogP contribution in [0, 0.1) is 11.3 Å². The van der Waals surface area contributed by atoms with Gasteiger partial charge < -0.3 is 10.7 Å². The SMILES string of the molecule is N#Cc1cc(-c2ccc[nH]c2=O)ccc1N. The lowest BCUT2D eigenvalue weighted by Crippen LogP contribution is -2.07. The Morgan fingerprint density at radius 3 is 2.81 bits per heavy atom. The minimum Gasteiger partial charge on any atom is -0.398 e. The van der Waals surface area contributed by atoms with Crippen molar-refractivity contribution in [1.29, 1.82) is 5.26 Å². The summed E-state index contributed by atoms with van der Waals surface area (Å²) in [4.78, 5) is 14.1. The average molecular weight is 211 g/mol. The van der Waals surface area contributed by atoms with Crippen molar-refractivity contribution in [1.82, 2.24) is 4.98 Å². The van der Waals surface area contributed by atoms with Crippen LogP contribution in [-0.4, -0.2) is 4.98 Å². The summed E-state index contributed by atoms with van der Waals surface area (Å²) in [7, 11) is 0. The highest BCUT2D eigenvalue weighted by Gasteiger charge is 2.05. The summed E-state index contributed by atoms with van der Waals surface area (Å²) in [6.07, 6.45) is 1.56. The van der Waals surface area contributed by atoms with Crippen molar-refractivity contribution in [3.8, 4) is 17.2 Å². The number of pyridine rings is 1. The number of nitriles is 1. The van der Waals surface area contributed by atoms with Crippen LogP contribution in [0.1, 0.15) is 5.56 Å². The second-order valence-electron chi connectivity index (χ2n) is 3.33. The van der Waals surface area contributed by atoms with Crippen LogP contribution < -0.4 is 11.3 Å². The van der Waals surface area contributed by atoms with Crippen LogP contribution in [0.5, 0.6) is 0 Å². The number of nitrogens with zero attached hydrogens (tertiary/aromatic N) is 1. The molecule has 0 atom stereocenters. The first kappa shape index (κ1) is 9.99. The van der Waals surface area contributed by atoms with E-state index in [1.54, 1.807) is 36.5 Å². The van der Waals surface area contributed by atoms with Gasteiger partial charge >= 0.3 is 0 Å². The van der Waals surface area contributed by atoms with Crippen molar-refractivity contribution in [3.05, 3.63) is 52.4 Å². The molecular formula is C12H9N3O. The number of hydrogen-bond acceptors (Lipinski definition) is 3. The molecule has 0 aliphatic rings. The number of aromatic amines is 1. The fourth-order valence-corrected chi connectivity index (χ4v) is 1.47. The maximum Gasteiger partial charge on any atom is 0.255 e. The first-order valence-corrected chi connectivity index (χ1v) is 4.70. The fraction of sp³-hybridized carbons (Fsp3) is 0. The smallest absolute Gasteiger partial charge is 0.255 e. The molecule has 0 bridgehead atoms. The molecule has 1 aromatic carbocycles. The molecule has 0 saturated heterocycles. The number of nitrogen functional groups attached to an aromatic ring is 1. The molecule has 0 spiro atoms. The molecule has 0 amide bonds. The molecule has 1 aromatic heterocycles. The predicted molar refractivity (Wildman–Crippen MR) is 61.6 cm³/mol. The van der Waals surface area contributed by atoms with Gasteiger partial charge in [0.05, 0.1) is 5.56 Å². The molecule has 4 heteroatoms. The van der Waals surface area contributed by atoms with Crippen molar-refractivity contribution in [2.75, 3.05) is 5.73 Å². The number of nitrogens with two attached hydrogens (primary N) is 1. The van der Waals surface area contributed by atoms with Gasteiger partial charge in [0.1, 0.15) is 6.07 Å². The summed E-state index contributed by atoms with van der Waals surface area (Å²) in [6, 6.07) is 10.4. The Bertz CT molecular complexity index is 623. The Kier molecular flexibility index (Phi) is 2.44. The number of anilines is 1. The summed E-state index contributed by atoms with van der Waals surface area (Å²) in [5.41, 5.74) is 7.43. The second kappa shape index (κ2) is 3.91. The van der Waals surface area contributed by atoms with Gasteiger partial charge in [0.15, 0.2) is 0 Å². The topological polar surface area (TPSA) is 82.7 Å². The van der Waals surface area contributed by atoms with Crippen LogP contribution in [0.2, 0.25) is 0 Å². The van der Waals surface area contributed by atoms with Gasteiger partial charge in [-0.05, 0) is 29.8 Å². The van der Waals surface area contributed by atoms with Crippen LogP contribution in [0.3, 0.4) is 0 Å². The average Bonchev–Trinajstić information content (AvgIpc) is 2.31. The van der Waals surface area contributed by atoms with E-state index in [2.05, 4.69) is 4.98 Å². The molecule has 0 unspecified atom stereocenters. The van der Waals surface area contributed by atoms with Crippen LogP contribution in [0.15, 0.2) is 41.3 Å². The molecular weight excluding hydrogens is 202 g/mol. The predicted octanol–water partition coefficient (Wildman–Crippen LogP) is 1.50. The number of nitrogens with one attached hydrogen (secondary N) is 1. The lowest BCUT2D eigenvalue weighted by atomic mass is 10.0. The van der Waals surface area contributed by atoms with Crippen molar-refractivity contribution < 1.29 is 0 Å². The van der Waals surface area contributed by atoms with E-state index in [-0.39, 0.29) is 5.56 Å². The summed E-state index contributed by atoms with van der Waals surface area (Å²) in [5.74, 6) is 0. The molecule has 78 valence electrons. The normalized spacial score (nSPS) is 9.69. The zero-order valence-electron chi connectivity index (χ0n) is 8.40. The van der Waals surface area contributed by atoms with Crippen molar-refractivity contribution in [2.45, 2.75) is 0 Å². The quantitative estimate of drug-likeness (QED) is 0.701. The molecule has 0 saturated carbocycles. The van der Waals surface area contributed by atoms with Gasteiger partial charge in [-0.3, -0.25) is 4.79 Å². The first-order valence-electron chi connectivity index (χ1n) is 4.70. The summed E-state index contributed by atoms with van der Waals surface area (Å²) in [6.45, 7) is 0. The van der Waals surface area contributed by atoms with Crippen molar-refractivity contribution in [2.24, 2.45) is 0 Å². The monoisotopic (exact) mass is 211 g/mol. The van der Waals surface area contributed by atoms with Crippen molar-refractivity contribution >= 4 is 5.69 Å². The molecule has 0 aliphatic carbocycles. The first-order chi connectivity index (χ1) is 7.72. The lowest BCUT2D eigenvalue weighted by Gasteiger charge is -2.02. The Hall–Kier alpha value is -2.54. The molecule has 2 aromatic rings. The minimum absolute atomic E-state index is 0.184. The molecule has 16 heavy (non-hydrogen) atoms. The number of aromatic nitrogens is 1. The zero-order chi connectivity index (χ0) is 11.5. The molecule has 3 N–H and O–H groups in total. The van der Waals surface area contributed by atoms with E-state index in [0.29, 0.717) is 22.4 Å². The summed E-state index contributed by atoms with van der Waals surface area (Å²) < 4.78 is 0. The Balaban J connectivity index is 2.63. The summed E-state index contributed by atoms with van der Waals surface area (Å²) >= 11 is 0. The number of benzene rings is 1. The van der Waals surface area contributed by atoms with E-state index in [1.807, 2.05) is 6.07 Å². The maximum atomic E-state index is 11.5. The van der Waals surface area contributed by atoms with Gasteiger partial charge in [-0.2, -0.15) is 5.26 Å². The molecule has 0 radical (unpaired) electrons. The number of hydrogen-bond donors (Lipinski definition) is 2. The highest BCUT2D eigenvalue weighted by atomic mass is 16.1. The van der Waals surface area contributed by atoms with E-state index in [1.165, 1.54) is 0 Å². The molecule has 2 rings (SSSR count). The summed E-state index contributed by atoms with van der Waals surface area (Å²) in [5, 5.41) is 8.84. The van der Waals surface area contributed by atoms with Crippen molar-refractivity contribution in [3.63, 3.8) is 0 Å². The molecule has 4 nitrogen and oxygen atoms in total. The number of rotatable bonds is 1. The van der Waals surface area contributed by atoms with Crippen LogP contribution in [0.4, 0.5) is 5.69 Å². The van der Waals surface area contributed by atoms with Crippen LogP contribution >= 0.6 is 0 Å². The Morgan fingerprint density at radius 1 is 1.31 bits per heavy atom. The van der Waals surface area contributed by atoms with Gasteiger partial charge in [-0.25, -0.2) is 0 Å². The van der Waals surface area contributed by atoms with E-state index >= 15 is 0 Å². The highest BCUT2D eigenvalue weighted by molar-refractivity contribution is 5.69. The highest BCUT2D eigenvalue weighted by Crippen LogP contribution is 2.20. The molecule has 0 fully saturated rings. The van der Waals surface area contributed by atoms with Gasteiger partial charge in [0.25, 0.3) is 5.56 Å². The second-order valence-corrected chi connectivity index (χ2v) is 3.33. The van der Waals surface area contributed by atoms with Gasteiger partial charge in [0, 0.05) is 17.4 Å². The molecule has 0 aliphatic heterocycles. The third kappa shape index (κ3) is 1.66. The standard InChI is InChI=1S/C12H9N3O/c13-7-9-6-8(3-4-11(9)14)10-2-1-5-15-12(10)16/h1-6H,14H2,(H,15,16). The third-order valence-corrected chi connectivity index (χ3v) is 2.30. The zero-order valence-corrected chi connectivity index (χ0v) is 8.40. The van der Waals surface area contributed by atoms with Gasteiger partial charge in [0.2, 0.25) is 0 Å². The largest absolute Gasteiger partial charge is 0.398 e. The number of H-pyrrole nitrogens is 1. The van der Waals surface area contributed by atoms with E-state index < -0.39 is 0 Å². The fourth-order valence-electron chi connectivity index (χ4n) is 1.47. The van der Waals surface area contributed by atoms with E-state index in [9.17, 15) is 4.79 Å². The Morgan fingerprint density at radius 2 is 2.12 bits per heavy atom.